The molecule has 0 aliphatic carbocycles. The average Bonchev–Trinajstić information content (AvgIpc) is 2.87. The van der Waals surface area contributed by atoms with Gasteiger partial charge in [-0.3, -0.25) is 0 Å². The van der Waals surface area contributed by atoms with Crippen molar-refractivity contribution in [2.45, 2.75) is 149 Å². The molecular weight excluding hydrogens is 436 g/mol. The van der Waals surface area contributed by atoms with E-state index in [1.165, 1.54) is 122 Å². The van der Waals surface area contributed by atoms with E-state index in [0.717, 1.165) is 52.5 Å². The summed E-state index contributed by atoms with van der Waals surface area (Å²) in [6, 6.07) is 0. The van der Waals surface area contributed by atoms with Crippen molar-refractivity contribution in [3.63, 3.8) is 0 Å². The van der Waals surface area contributed by atoms with E-state index in [1.54, 1.807) is 0 Å². The van der Waals surface area contributed by atoms with E-state index < -0.39 is 0 Å². The van der Waals surface area contributed by atoms with Crippen LogP contribution >= 0.6 is 0 Å². The summed E-state index contributed by atoms with van der Waals surface area (Å²) >= 11 is 0. The Bertz CT molecular complexity index is 319. The maximum absolute atomic E-state index is 5.68. The van der Waals surface area contributed by atoms with E-state index in [9.17, 15) is 0 Å². The van der Waals surface area contributed by atoms with Crippen molar-refractivity contribution >= 4 is 0 Å². The first kappa shape index (κ1) is 34.8. The number of ether oxygens (including phenoxy) is 4. The van der Waals surface area contributed by atoms with Crippen molar-refractivity contribution in [3.8, 4) is 0 Å². The first-order valence-electron chi connectivity index (χ1n) is 15.7. The molecule has 0 aromatic carbocycles. The molecule has 0 aliphatic rings. The molecular formula is C31H64O4. The SMILES string of the molecule is CCCCCCCCCCCCOCCOCCCCOCCOCCCCCCCCCCC. The van der Waals surface area contributed by atoms with Gasteiger partial charge in [0.25, 0.3) is 0 Å². The van der Waals surface area contributed by atoms with Crippen LogP contribution in [0.2, 0.25) is 0 Å². The smallest absolute Gasteiger partial charge is 0.0700 e. The highest BCUT2D eigenvalue weighted by Crippen LogP contribution is 2.11. The minimum Gasteiger partial charge on any atom is -0.379 e. The summed E-state index contributed by atoms with van der Waals surface area (Å²) < 4.78 is 22.7. The Hall–Kier alpha value is -0.160. The van der Waals surface area contributed by atoms with Crippen molar-refractivity contribution in [2.75, 3.05) is 52.9 Å². The lowest BCUT2D eigenvalue weighted by atomic mass is 10.1. The van der Waals surface area contributed by atoms with E-state index in [1.807, 2.05) is 0 Å². The summed E-state index contributed by atoms with van der Waals surface area (Å²) in [7, 11) is 0. The summed E-state index contributed by atoms with van der Waals surface area (Å²) in [5.41, 5.74) is 0. The van der Waals surface area contributed by atoms with Gasteiger partial charge in [0.1, 0.15) is 0 Å². The van der Waals surface area contributed by atoms with Crippen LogP contribution in [0.15, 0.2) is 0 Å². The van der Waals surface area contributed by atoms with Crippen molar-refractivity contribution < 1.29 is 18.9 Å². The van der Waals surface area contributed by atoms with Crippen LogP contribution in [0.25, 0.3) is 0 Å². The molecule has 4 heteroatoms. The Morgan fingerprint density at radius 2 is 0.429 bits per heavy atom. The van der Waals surface area contributed by atoms with Gasteiger partial charge in [0.05, 0.1) is 26.4 Å². The van der Waals surface area contributed by atoms with Gasteiger partial charge in [-0.05, 0) is 25.7 Å². The molecule has 0 amide bonds. The molecule has 0 aliphatic heterocycles. The summed E-state index contributed by atoms with van der Waals surface area (Å²) in [4.78, 5) is 0. The van der Waals surface area contributed by atoms with E-state index in [2.05, 4.69) is 13.8 Å². The lowest BCUT2D eigenvalue weighted by Crippen LogP contribution is -2.08. The Kier molecular flexibility index (Phi) is 33.7. The Morgan fingerprint density at radius 3 is 0.686 bits per heavy atom. The van der Waals surface area contributed by atoms with Crippen LogP contribution in [0.3, 0.4) is 0 Å². The molecule has 0 aromatic heterocycles. The molecule has 0 N–H and O–H groups in total. The lowest BCUT2D eigenvalue weighted by Gasteiger charge is -2.07. The first-order chi connectivity index (χ1) is 17.4. The third kappa shape index (κ3) is 33.8. The molecule has 0 rings (SSSR count). The average molecular weight is 501 g/mol. The van der Waals surface area contributed by atoms with Crippen LogP contribution in [0, 0.1) is 0 Å². The zero-order chi connectivity index (χ0) is 25.3. The molecule has 0 fully saturated rings. The number of hydrogen-bond donors (Lipinski definition) is 0. The fraction of sp³-hybridized carbons (Fsp3) is 1.00. The van der Waals surface area contributed by atoms with Crippen LogP contribution in [0.5, 0.6) is 0 Å². The first-order valence-corrected chi connectivity index (χ1v) is 15.7. The molecule has 0 radical (unpaired) electrons. The number of unbranched alkanes of at least 4 members (excludes halogenated alkanes) is 18. The Morgan fingerprint density at radius 1 is 0.229 bits per heavy atom. The van der Waals surface area contributed by atoms with Gasteiger partial charge in [-0.2, -0.15) is 0 Å². The molecule has 0 bridgehead atoms. The molecule has 212 valence electrons. The maximum Gasteiger partial charge on any atom is 0.0700 e. The molecule has 0 spiro atoms. The van der Waals surface area contributed by atoms with Gasteiger partial charge in [0, 0.05) is 26.4 Å². The zero-order valence-corrected chi connectivity index (χ0v) is 24.1. The maximum atomic E-state index is 5.68. The molecule has 0 atom stereocenters. The predicted molar refractivity (Wildman–Crippen MR) is 152 cm³/mol. The van der Waals surface area contributed by atoms with E-state index in [0.29, 0.717) is 13.2 Å². The predicted octanol–water partition coefficient (Wildman–Crippen LogP) is 9.28. The van der Waals surface area contributed by atoms with Gasteiger partial charge < -0.3 is 18.9 Å². The van der Waals surface area contributed by atoms with Crippen LogP contribution in [-0.2, 0) is 18.9 Å². The van der Waals surface area contributed by atoms with E-state index >= 15 is 0 Å². The van der Waals surface area contributed by atoms with Crippen molar-refractivity contribution in [2.24, 2.45) is 0 Å². The second kappa shape index (κ2) is 33.8. The second-order valence-corrected chi connectivity index (χ2v) is 10.2. The number of hydrogen-bond acceptors (Lipinski definition) is 4. The Balaban J connectivity index is 3.00. The summed E-state index contributed by atoms with van der Waals surface area (Å²) in [6.45, 7) is 10.8. The van der Waals surface area contributed by atoms with Gasteiger partial charge in [0.2, 0.25) is 0 Å². The molecule has 0 heterocycles. The monoisotopic (exact) mass is 500 g/mol. The normalized spacial score (nSPS) is 11.5. The molecule has 0 aromatic rings. The molecule has 0 saturated heterocycles. The van der Waals surface area contributed by atoms with Gasteiger partial charge in [-0.25, -0.2) is 0 Å². The van der Waals surface area contributed by atoms with Gasteiger partial charge in [-0.15, -0.1) is 0 Å². The zero-order valence-electron chi connectivity index (χ0n) is 24.1. The minimum atomic E-state index is 0.713. The largest absolute Gasteiger partial charge is 0.379 e. The van der Waals surface area contributed by atoms with Crippen LogP contribution in [0.4, 0.5) is 0 Å². The highest BCUT2D eigenvalue weighted by molar-refractivity contribution is 4.48. The van der Waals surface area contributed by atoms with Crippen LogP contribution in [-0.4, -0.2) is 52.9 Å². The van der Waals surface area contributed by atoms with Crippen LogP contribution < -0.4 is 0 Å². The van der Waals surface area contributed by atoms with Gasteiger partial charge in [-0.1, -0.05) is 123 Å². The fourth-order valence-electron chi connectivity index (χ4n) is 4.26. The standard InChI is InChI=1S/C31H64O4/c1-3-5-7-9-11-13-15-17-19-21-25-33-29-31-35-27-23-22-26-34-30-28-32-24-20-18-16-14-12-10-8-6-4-2/h3-31H2,1-2H3. The van der Waals surface area contributed by atoms with E-state index in [-0.39, 0.29) is 0 Å². The molecule has 0 saturated carbocycles. The Labute approximate surface area is 220 Å². The lowest BCUT2D eigenvalue weighted by molar-refractivity contribution is 0.0325. The van der Waals surface area contributed by atoms with Crippen LogP contribution in [0.1, 0.15) is 149 Å². The van der Waals surface area contributed by atoms with Crippen molar-refractivity contribution in [1.29, 1.82) is 0 Å². The highest BCUT2D eigenvalue weighted by Gasteiger charge is 1.96. The van der Waals surface area contributed by atoms with E-state index in [4.69, 9.17) is 18.9 Å². The van der Waals surface area contributed by atoms with Crippen molar-refractivity contribution in [1.82, 2.24) is 0 Å². The third-order valence-electron chi connectivity index (χ3n) is 6.61. The molecule has 0 unspecified atom stereocenters. The van der Waals surface area contributed by atoms with Gasteiger partial charge >= 0.3 is 0 Å². The van der Waals surface area contributed by atoms with Crippen molar-refractivity contribution in [3.05, 3.63) is 0 Å². The molecule has 4 nitrogen and oxygen atoms in total. The number of rotatable bonds is 32. The molecule has 35 heavy (non-hydrogen) atoms. The summed E-state index contributed by atoms with van der Waals surface area (Å²) in [6.07, 6.45) is 28.0. The fourth-order valence-corrected chi connectivity index (χ4v) is 4.26. The summed E-state index contributed by atoms with van der Waals surface area (Å²) in [5.74, 6) is 0. The van der Waals surface area contributed by atoms with Gasteiger partial charge in [0.15, 0.2) is 0 Å². The highest BCUT2D eigenvalue weighted by atomic mass is 16.5. The second-order valence-electron chi connectivity index (χ2n) is 10.2. The quantitative estimate of drug-likeness (QED) is 0.0862. The summed E-state index contributed by atoms with van der Waals surface area (Å²) in [5, 5.41) is 0. The topological polar surface area (TPSA) is 36.9 Å². The third-order valence-corrected chi connectivity index (χ3v) is 6.61. The minimum absolute atomic E-state index is 0.713.